The second kappa shape index (κ2) is 8.45. The molecule has 1 aliphatic rings. The molecule has 3 atom stereocenters. The summed E-state index contributed by atoms with van der Waals surface area (Å²) < 4.78 is 0. The van der Waals surface area contributed by atoms with Crippen LogP contribution in [0.25, 0.3) is 0 Å². The van der Waals surface area contributed by atoms with E-state index in [1.807, 2.05) is 12.1 Å². The summed E-state index contributed by atoms with van der Waals surface area (Å²) in [6.45, 7) is 8.04. The van der Waals surface area contributed by atoms with E-state index in [1.165, 1.54) is 24.8 Å². The number of benzene rings is 1. The van der Waals surface area contributed by atoms with Crippen molar-refractivity contribution in [1.29, 1.82) is 0 Å². The van der Waals surface area contributed by atoms with Crippen LogP contribution in [0.3, 0.4) is 0 Å². The Bertz CT molecular complexity index is 418. The maximum Gasteiger partial charge on any atom is 0.0406 e. The Morgan fingerprint density at radius 1 is 1.24 bits per heavy atom. The van der Waals surface area contributed by atoms with Crippen molar-refractivity contribution in [1.82, 2.24) is 5.32 Å². The van der Waals surface area contributed by atoms with Crippen LogP contribution in [0.15, 0.2) is 24.3 Å². The maximum atomic E-state index is 5.96. The van der Waals surface area contributed by atoms with Gasteiger partial charge in [-0.2, -0.15) is 11.8 Å². The Hall–Kier alpha value is -0.180. The number of hydrogen-bond donors (Lipinski definition) is 1. The van der Waals surface area contributed by atoms with Crippen LogP contribution in [0.5, 0.6) is 0 Å². The lowest BCUT2D eigenvalue weighted by molar-refractivity contribution is 0.247. The van der Waals surface area contributed by atoms with Crippen molar-refractivity contribution < 1.29 is 0 Å². The summed E-state index contributed by atoms with van der Waals surface area (Å²) in [5, 5.41) is 5.26. The summed E-state index contributed by atoms with van der Waals surface area (Å²) in [6, 6.07) is 8.98. The molecule has 1 aromatic carbocycles. The zero-order chi connectivity index (χ0) is 15.2. The molecule has 1 saturated carbocycles. The van der Waals surface area contributed by atoms with Crippen LogP contribution >= 0.6 is 23.4 Å². The van der Waals surface area contributed by atoms with E-state index in [2.05, 4.69) is 50.0 Å². The first kappa shape index (κ1) is 17.2. The summed E-state index contributed by atoms with van der Waals surface area (Å²) in [4.78, 5) is 0. The lowest BCUT2D eigenvalue weighted by Gasteiger charge is -2.38. The Balaban J connectivity index is 1.93. The number of hydrogen-bond acceptors (Lipinski definition) is 2. The van der Waals surface area contributed by atoms with Gasteiger partial charge in [-0.15, -0.1) is 0 Å². The molecule has 1 nitrogen and oxygen atoms in total. The average molecular weight is 326 g/mol. The highest BCUT2D eigenvalue weighted by molar-refractivity contribution is 7.99. The summed E-state index contributed by atoms with van der Waals surface area (Å²) in [5.74, 6) is 2.79. The van der Waals surface area contributed by atoms with Crippen LogP contribution in [0.1, 0.15) is 45.6 Å². The van der Waals surface area contributed by atoms with Gasteiger partial charge in [0.1, 0.15) is 0 Å². The molecule has 0 saturated heterocycles. The highest BCUT2D eigenvalue weighted by Crippen LogP contribution is 2.37. The normalized spacial score (nSPS) is 26.2. The third kappa shape index (κ3) is 5.19. The Morgan fingerprint density at radius 2 is 1.95 bits per heavy atom. The molecule has 1 aromatic rings. The fraction of sp³-hybridized carbons (Fsp3) is 0.667. The average Bonchev–Trinajstić information content (AvgIpc) is 2.48. The summed E-state index contributed by atoms with van der Waals surface area (Å²) in [7, 11) is 0. The lowest BCUT2D eigenvalue weighted by Crippen LogP contribution is -2.43. The van der Waals surface area contributed by atoms with Gasteiger partial charge in [0.15, 0.2) is 0 Å². The second-order valence-electron chi connectivity index (χ2n) is 6.46. The van der Waals surface area contributed by atoms with Gasteiger partial charge in [0, 0.05) is 22.1 Å². The molecule has 3 heteroatoms. The Morgan fingerprint density at radius 3 is 2.57 bits per heavy atom. The van der Waals surface area contributed by atoms with Gasteiger partial charge in [0.05, 0.1) is 0 Å². The van der Waals surface area contributed by atoms with Gasteiger partial charge >= 0.3 is 0 Å². The molecule has 118 valence electrons. The highest BCUT2D eigenvalue weighted by Gasteiger charge is 2.31. The summed E-state index contributed by atoms with van der Waals surface area (Å²) in [6.07, 6.45) is 4.07. The SMILES string of the molecule is CCNC1CCC(C(C)C)CC1SCc1ccc(Cl)cc1. The standard InChI is InChI=1S/C18H28ClNS/c1-4-20-17-10-7-15(13(2)3)11-18(17)21-12-14-5-8-16(19)9-6-14/h5-6,8-9,13,15,17-18,20H,4,7,10-12H2,1-3H3. The van der Waals surface area contributed by atoms with Gasteiger partial charge in [0.25, 0.3) is 0 Å². The predicted octanol–water partition coefficient (Wildman–Crippen LogP) is 5.38. The van der Waals surface area contributed by atoms with Gasteiger partial charge in [-0.1, -0.05) is 44.5 Å². The summed E-state index contributed by atoms with van der Waals surface area (Å²) in [5.41, 5.74) is 1.38. The third-order valence-corrected chi connectivity index (χ3v) is 6.32. The molecule has 0 heterocycles. The fourth-order valence-corrected chi connectivity index (χ4v) is 4.80. The second-order valence-corrected chi connectivity index (χ2v) is 8.12. The molecule has 3 unspecified atom stereocenters. The van der Waals surface area contributed by atoms with Crippen molar-refractivity contribution >= 4 is 23.4 Å². The van der Waals surface area contributed by atoms with E-state index in [0.717, 1.165) is 34.4 Å². The zero-order valence-corrected chi connectivity index (χ0v) is 15.0. The molecule has 0 aromatic heterocycles. The molecule has 0 amide bonds. The Kier molecular flexibility index (Phi) is 6.91. The summed E-state index contributed by atoms with van der Waals surface area (Å²) >= 11 is 8.08. The van der Waals surface area contributed by atoms with Crippen LogP contribution in [0.4, 0.5) is 0 Å². The van der Waals surface area contributed by atoms with E-state index in [-0.39, 0.29) is 0 Å². The van der Waals surface area contributed by atoms with Gasteiger partial charge in [-0.25, -0.2) is 0 Å². The Labute approximate surface area is 139 Å². The molecule has 0 spiro atoms. The minimum Gasteiger partial charge on any atom is -0.313 e. The topological polar surface area (TPSA) is 12.0 Å². The minimum absolute atomic E-state index is 0.683. The monoisotopic (exact) mass is 325 g/mol. The van der Waals surface area contributed by atoms with Crippen molar-refractivity contribution in [2.45, 2.75) is 57.1 Å². The van der Waals surface area contributed by atoms with Crippen molar-refractivity contribution in [2.75, 3.05) is 6.54 Å². The fourth-order valence-electron chi connectivity index (χ4n) is 3.23. The zero-order valence-electron chi connectivity index (χ0n) is 13.4. The lowest BCUT2D eigenvalue weighted by atomic mass is 9.79. The molecular formula is C18H28ClNS. The molecule has 1 N–H and O–H groups in total. The van der Waals surface area contributed by atoms with Crippen molar-refractivity contribution in [3.63, 3.8) is 0 Å². The molecular weight excluding hydrogens is 298 g/mol. The van der Waals surface area contributed by atoms with Crippen molar-refractivity contribution in [2.24, 2.45) is 11.8 Å². The molecule has 0 aliphatic heterocycles. The third-order valence-electron chi connectivity index (χ3n) is 4.62. The number of nitrogens with one attached hydrogen (secondary N) is 1. The molecule has 21 heavy (non-hydrogen) atoms. The van der Waals surface area contributed by atoms with E-state index < -0.39 is 0 Å². The molecule has 1 aliphatic carbocycles. The van der Waals surface area contributed by atoms with Gasteiger partial charge in [-0.05, 0) is 55.3 Å². The smallest absolute Gasteiger partial charge is 0.0406 e. The largest absolute Gasteiger partial charge is 0.313 e. The van der Waals surface area contributed by atoms with Crippen LogP contribution in [0.2, 0.25) is 5.02 Å². The van der Waals surface area contributed by atoms with Crippen LogP contribution < -0.4 is 5.32 Å². The van der Waals surface area contributed by atoms with Crippen LogP contribution in [0, 0.1) is 11.8 Å². The van der Waals surface area contributed by atoms with Gasteiger partial charge < -0.3 is 5.32 Å². The van der Waals surface area contributed by atoms with E-state index in [9.17, 15) is 0 Å². The first-order chi connectivity index (χ1) is 10.1. The quantitative estimate of drug-likeness (QED) is 0.754. The first-order valence-corrected chi connectivity index (χ1v) is 9.62. The van der Waals surface area contributed by atoms with Gasteiger partial charge in [0.2, 0.25) is 0 Å². The van der Waals surface area contributed by atoms with Crippen molar-refractivity contribution in [3.05, 3.63) is 34.9 Å². The molecule has 1 fully saturated rings. The van der Waals surface area contributed by atoms with Crippen LogP contribution in [-0.4, -0.2) is 17.8 Å². The minimum atomic E-state index is 0.683. The maximum absolute atomic E-state index is 5.96. The molecule has 0 radical (unpaired) electrons. The van der Waals surface area contributed by atoms with E-state index in [0.29, 0.717) is 6.04 Å². The molecule has 2 rings (SSSR count). The number of rotatable bonds is 6. The van der Waals surface area contributed by atoms with E-state index in [4.69, 9.17) is 11.6 Å². The van der Waals surface area contributed by atoms with Crippen molar-refractivity contribution in [3.8, 4) is 0 Å². The highest BCUT2D eigenvalue weighted by atomic mass is 35.5. The van der Waals surface area contributed by atoms with E-state index >= 15 is 0 Å². The van der Waals surface area contributed by atoms with E-state index in [1.54, 1.807) is 0 Å². The van der Waals surface area contributed by atoms with Gasteiger partial charge in [-0.3, -0.25) is 0 Å². The predicted molar refractivity (Wildman–Crippen MR) is 96.2 cm³/mol. The number of halogens is 1. The molecule has 0 bridgehead atoms. The van der Waals surface area contributed by atoms with Crippen LogP contribution in [-0.2, 0) is 5.75 Å². The first-order valence-electron chi connectivity index (χ1n) is 8.19. The number of thioether (sulfide) groups is 1.